The van der Waals surface area contributed by atoms with Gasteiger partial charge in [-0.05, 0) is 50.4 Å². The largest absolute Gasteiger partial charge is 0.390 e. The molecule has 82 valence electrons. The van der Waals surface area contributed by atoms with Crippen LogP contribution in [0.4, 0.5) is 0 Å². The average Bonchev–Trinajstić information content (AvgIpc) is 2.47. The maximum atomic E-state index is 10.4. The van der Waals surface area contributed by atoms with Crippen LogP contribution in [0.2, 0.25) is 0 Å². The summed E-state index contributed by atoms with van der Waals surface area (Å²) >= 11 is 0. The molecule has 2 rings (SSSR count). The lowest BCUT2D eigenvalue weighted by atomic mass is 9.84. The summed E-state index contributed by atoms with van der Waals surface area (Å²) in [5.74, 6) is 1.43. The second-order valence-electron chi connectivity index (χ2n) is 5.33. The second kappa shape index (κ2) is 4.19. The first-order valence-corrected chi connectivity index (χ1v) is 5.98. The standard InChI is InChI=1S/C12H22O2/c1-10-2-5-12(13,8-10)9-11-3-6-14-7-4-11/h10-11,13H,2-9H2,1H3. The molecule has 2 fully saturated rings. The fourth-order valence-electron chi connectivity index (χ4n) is 3.04. The fraction of sp³-hybridized carbons (Fsp3) is 1.00. The van der Waals surface area contributed by atoms with Gasteiger partial charge in [-0.3, -0.25) is 0 Å². The van der Waals surface area contributed by atoms with Gasteiger partial charge in [0.05, 0.1) is 5.60 Å². The van der Waals surface area contributed by atoms with Crippen LogP contribution in [0.3, 0.4) is 0 Å². The van der Waals surface area contributed by atoms with E-state index in [9.17, 15) is 5.11 Å². The van der Waals surface area contributed by atoms with E-state index in [1.165, 1.54) is 6.42 Å². The zero-order chi connectivity index (χ0) is 10.0. The molecule has 1 aliphatic carbocycles. The first-order chi connectivity index (χ1) is 6.68. The van der Waals surface area contributed by atoms with Crippen molar-refractivity contribution in [3.05, 3.63) is 0 Å². The van der Waals surface area contributed by atoms with Crippen LogP contribution >= 0.6 is 0 Å². The van der Waals surface area contributed by atoms with Crippen molar-refractivity contribution in [2.75, 3.05) is 13.2 Å². The third-order valence-corrected chi connectivity index (χ3v) is 3.84. The number of hydrogen-bond donors (Lipinski definition) is 1. The SMILES string of the molecule is CC1CCC(O)(CC2CCOCC2)C1. The van der Waals surface area contributed by atoms with Crippen LogP contribution in [0, 0.1) is 11.8 Å². The minimum absolute atomic E-state index is 0.332. The van der Waals surface area contributed by atoms with Gasteiger partial charge in [0.2, 0.25) is 0 Å². The van der Waals surface area contributed by atoms with Crippen molar-refractivity contribution in [2.45, 2.75) is 51.0 Å². The minimum atomic E-state index is -0.332. The molecular formula is C12H22O2. The van der Waals surface area contributed by atoms with Gasteiger partial charge in [-0.1, -0.05) is 6.92 Å². The van der Waals surface area contributed by atoms with Crippen molar-refractivity contribution in [2.24, 2.45) is 11.8 Å². The maximum absolute atomic E-state index is 10.4. The van der Waals surface area contributed by atoms with Gasteiger partial charge >= 0.3 is 0 Å². The molecule has 2 nitrogen and oxygen atoms in total. The van der Waals surface area contributed by atoms with Gasteiger partial charge in [0, 0.05) is 13.2 Å². The zero-order valence-electron chi connectivity index (χ0n) is 9.17. The molecule has 2 atom stereocenters. The van der Waals surface area contributed by atoms with Crippen LogP contribution < -0.4 is 0 Å². The maximum Gasteiger partial charge on any atom is 0.0653 e. The van der Waals surface area contributed by atoms with E-state index in [1.807, 2.05) is 0 Å². The molecule has 0 spiro atoms. The van der Waals surface area contributed by atoms with Gasteiger partial charge in [0.1, 0.15) is 0 Å². The highest BCUT2D eigenvalue weighted by molar-refractivity contribution is 4.89. The van der Waals surface area contributed by atoms with Crippen molar-refractivity contribution in [3.8, 4) is 0 Å². The van der Waals surface area contributed by atoms with Gasteiger partial charge in [-0.2, -0.15) is 0 Å². The van der Waals surface area contributed by atoms with Gasteiger partial charge in [-0.15, -0.1) is 0 Å². The summed E-state index contributed by atoms with van der Waals surface area (Å²) in [4.78, 5) is 0. The monoisotopic (exact) mass is 198 g/mol. The molecule has 0 bridgehead atoms. The number of ether oxygens (including phenoxy) is 1. The Kier molecular flexibility index (Phi) is 3.13. The molecule has 0 aromatic carbocycles. The summed E-state index contributed by atoms with van der Waals surface area (Å²) in [6, 6.07) is 0. The van der Waals surface area contributed by atoms with Crippen LogP contribution in [-0.4, -0.2) is 23.9 Å². The molecule has 0 aromatic rings. The predicted octanol–water partition coefficient (Wildman–Crippen LogP) is 2.35. The quantitative estimate of drug-likeness (QED) is 0.738. The van der Waals surface area contributed by atoms with Crippen LogP contribution in [-0.2, 0) is 4.74 Å². The molecule has 0 radical (unpaired) electrons. The molecule has 1 saturated carbocycles. The first-order valence-electron chi connectivity index (χ1n) is 5.98. The average molecular weight is 198 g/mol. The van der Waals surface area contributed by atoms with E-state index in [0.29, 0.717) is 5.92 Å². The van der Waals surface area contributed by atoms with Crippen LogP contribution in [0.15, 0.2) is 0 Å². The zero-order valence-corrected chi connectivity index (χ0v) is 9.17. The van der Waals surface area contributed by atoms with Crippen molar-refractivity contribution < 1.29 is 9.84 Å². The van der Waals surface area contributed by atoms with Crippen molar-refractivity contribution >= 4 is 0 Å². The summed E-state index contributed by atoms with van der Waals surface area (Å²) in [5, 5.41) is 10.4. The lowest BCUT2D eigenvalue weighted by Gasteiger charge is -2.30. The molecule has 1 saturated heterocycles. The third-order valence-electron chi connectivity index (χ3n) is 3.84. The predicted molar refractivity (Wildman–Crippen MR) is 56.1 cm³/mol. The van der Waals surface area contributed by atoms with E-state index < -0.39 is 0 Å². The fourth-order valence-corrected chi connectivity index (χ4v) is 3.04. The Bertz CT molecular complexity index is 187. The van der Waals surface area contributed by atoms with Crippen LogP contribution in [0.5, 0.6) is 0 Å². The van der Waals surface area contributed by atoms with Crippen molar-refractivity contribution in [3.63, 3.8) is 0 Å². The molecular weight excluding hydrogens is 176 g/mol. The molecule has 0 amide bonds. The Hall–Kier alpha value is -0.0800. The number of aliphatic hydroxyl groups is 1. The van der Waals surface area contributed by atoms with Gasteiger partial charge < -0.3 is 9.84 Å². The Morgan fingerprint density at radius 2 is 2.00 bits per heavy atom. The minimum Gasteiger partial charge on any atom is -0.390 e. The molecule has 1 heterocycles. The van der Waals surface area contributed by atoms with E-state index in [2.05, 4.69) is 6.92 Å². The smallest absolute Gasteiger partial charge is 0.0653 e. The van der Waals surface area contributed by atoms with E-state index in [1.54, 1.807) is 0 Å². The van der Waals surface area contributed by atoms with E-state index in [4.69, 9.17) is 4.74 Å². The molecule has 2 unspecified atom stereocenters. The van der Waals surface area contributed by atoms with E-state index in [-0.39, 0.29) is 5.60 Å². The topological polar surface area (TPSA) is 29.5 Å². The summed E-state index contributed by atoms with van der Waals surface area (Å²) < 4.78 is 5.34. The van der Waals surface area contributed by atoms with Crippen molar-refractivity contribution in [1.29, 1.82) is 0 Å². The Labute approximate surface area is 86.6 Å². The molecule has 1 N–H and O–H groups in total. The third kappa shape index (κ3) is 2.48. The Morgan fingerprint density at radius 3 is 2.57 bits per heavy atom. The molecule has 2 aliphatic rings. The lowest BCUT2D eigenvalue weighted by Crippen LogP contribution is -2.30. The van der Waals surface area contributed by atoms with E-state index in [0.717, 1.165) is 51.2 Å². The highest BCUT2D eigenvalue weighted by Gasteiger charge is 2.37. The van der Waals surface area contributed by atoms with E-state index >= 15 is 0 Å². The Morgan fingerprint density at radius 1 is 1.29 bits per heavy atom. The molecule has 1 aliphatic heterocycles. The van der Waals surface area contributed by atoms with Crippen LogP contribution in [0.25, 0.3) is 0 Å². The molecule has 2 heteroatoms. The highest BCUT2D eigenvalue weighted by atomic mass is 16.5. The second-order valence-corrected chi connectivity index (χ2v) is 5.33. The first kappa shape index (κ1) is 10.4. The lowest BCUT2D eigenvalue weighted by molar-refractivity contribution is -0.00931. The summed E-state index contributed by atoms with van der Waals surface area (Å²) in [6.07, 6.45) is 6.56. The van der Waals surface area contributed by atoms with Gasteiger partial charge in [0.15, 0.2) is 0 Å². The van der Waals surface area contributed by atoms with Gasteiger partial charge in [0.25, 0.3) is 0 Å². The van der Waals surface area contributed by atoms with Gasteiger partial charge in [-0.25, -0.2) is 0 Å². The van der Waals surface area contributed by atoms with Crippen molar-refractivity contribution in [1.82, 2.24) is 0 Å². The molecule has 0 aromatic heterocycles. The molecule has 14 heavy (non-hydrogen) atoms. The normalized spacial score (nSPS) is 40.3. The van der Waals surface area contributed by atoms with Crippen LogP contribution in [0.1, 0.15) is 45.4 Å². The summed E-state index contributed by atoms with van der Waals surface area (Å²) in [6.45, 7) is 4.05. The summed E-state index contributed by atoms with van der Waals surface area (Å²) in [5.41, 5.74) is -0.332. The Balaban J connectivity index is 1.83. The number of rotatable bonds is 2. The summed E-state index contributed by atoms with van der Waals surface area (Å²) in [7, 11) is 0. The highest BCUT2D eigenvalue weighted by Crippen LogP contribution is 2.40. The number of hydrogen-bond acceptors (Lipinski definition) is 2.